The molecule has 110 valence electrons. The lowest BCUT2D eigenvalue weighted by Crippen LogP contribution is -2.48. The van der Waals surface area contributed by atoms with E-state index in [1.807, 2.05) is 6.07 Å². The Bertz CT molecular complexity index is 400. The molecule has 2 rings (SSSR count). The Kier molecular flexibility index (Phi) is 5.87. The Morgan fingerprint density at radius 2 is 1.85 bits per heavy atom. The third-order valence-corrected chi connectivity index (χ3v) is 3.61. The molecule has 1 aromatic rings. The number of hydrogen-bond donors (Lipinski definition) is 0. The van der Waals surface area contributed by atoms with E-state index in [0.717, 1.165) is 39.0 Å². The molecular formula is C16H24N2O2. The van der Waals surface area contributed by atoms with Crippen molar-refractivity contribution in [2.24, 2.45) is 0 Å². The standard InChI is InChI=1S/C16H24N2O2/c1-2-3-13-20-16(19)14-17-9-11-18(12-10-17)15-7-5-4-6-8-15/h4-8H,2-3,9-14H2,1H3. The summed E-state index contributed by atoms with van der Waals surface area (Å²) in [7, 11) is 0. The Morgan fingerprint density at radius 3 is 2.50 bits per heavy atom. The van der Waals surface area contributed by atoms with Crippen molar-refractivity contribution in [2.45, 2.75) is 19.8 Å². The van der Waals surface area contributed by atoms with Gasteiger partial charge < -0.3 is 9.64 Å². The second-order valence-corrected chi connectivity index (χ2v) is 5.17. The van der Waals surface area contributed by atoms with Crippen LogP contribution in [0.3, 0.4) is 0 Å². The van der Waals surface area contributed by atoms with Gasteiger partial charge in [-0.3, -0.25) is 9.69 Å². The molecule has 1 aliphatic heterocycles. The number of nitrogens with zero attached hydrogens (tertiary/aromatic N) is 2. The van der Waals surface area contributed by atoms with Gasteiger partial charge in [0.15, 0.2) is 0 Å². The smallest absolute Gasteiger partial charge is 0.320 e. The molecule has 0 aliphatic carbocycles. The number of hydrogen-bond acceptors (Lipinski definition) is 4. The van der Waals surface area contributed by atoms with Crippen molar-refractivity contribution in [3.63, 3.8) is 0 Å². The summed E-state index contributed by atoms with van der Waals surface area (Å²) in [5.74, 6) is -0.0911. The zero-order chi connectivity index (χ0) is 14.2. The van der Waals surface area contributed by atoms with Crippen molar-refractivity contribution in [1.82, 2.24) is 4.90 Å². The molecule has 1 aromatic carbocycles. The second-order valence-electron chi connectivity index (χ2n) is 5.17. The lowest BCUT2D eigenvalue weighted by atomic mass is 10.2. The van der Waals surface area contributed by atoms with Crippen molar-refractivity contribution in [1.29, 1.82) is 0 Å². The molecule has 0 N–H and O–H groups in total. The normalized spacial score (nSPS) is 16.1. The van der Waals surface area contributed by atoms with E-state index in [2.05, 4.69) is 41.0 Å². The summed E-state index contributed by atoms with van der Waals surface area (Å²) in [5.41, 5.74) is 1.26. The van der Waals surface area contributed by atoms with Crippen LogP contribution in [-0.2, 0) is 9.53 Å². The molecule has 0 saturated carbocycles. The number of benzene rings is 1. The van der Waals surface area contributed by atoms with Crippen LogP contribution in [0.1, 0.15) is 19.8 Å². The van der Waals surface area contributed by atoms with Crippen LogP contribution in [0.25, 0.3) is 0 Å². The van der Waals surface area contributed by atoms with E-state index < -0.39 is 0 Å². The Hall–Kier alpha value is -1.55. The Labute approximate surface area is 121 Å². The highest BCUT2D eigenvalue weighted by Gasteiger charge is 2.19. The maximum absolute atomic E-state index is 11.7. The van der Waals surface area contributed by atoms with Gasteiger partial charge >= 0.3 is 5.97 Å². The van der Waals surface area contributed by atoms with E-state index in [1.165, 1.54) is 5.69 Å². The van der Waals surface area contributed by atoms with Crippen LogP contribution in [0.2, 0.25) is 0 Å². The number of carbonyl (C=O) groups is 1. The van der Waals surface area contributed by atoms with Crippen LogP contribution in [-0.4, -0.2) is 50.2 Å². The molecule has 20 heavy (non-hydrogen) atoms. The van der Waals surface area contributed by atoms with Crippen LogP contribution in [0.15, 0.2) is 30.3 Å². The number of anilines is 1. The average Bonchev–Trinajstić information content (AvgIpc) is 2.49. The molecule has 0 radical (unpaired) electrons. The fourth-order valence-electron chi connectivity index (χ4n) is 2.36. The predicted molar refractivity (Wildman–Crippen MR) is 81.0 cm³/mol. The first kappa shape index (κ1) is 14.9. The molecular weight excluding hydrogens is 252 g/mol. The van der Waals surface area contributed by atoms with Crippen molar-refractivity contribution in [3.8, 4) is 0 Å². The monoisotopic (exact) mass is 276 g/mol. The van der Waals surface area contributed by atoms with E-state index in [0.29, 0.717) is 13.2 Å². The van der Waals surface area contributed by atoms with E-state index in [9.17, 15) is 4.79 Å². The summed E-state index contributed by atoms with van der Waals surface area (Å²) in [5, 5.41) is 0. The van der Waals surface area contributed by atoms with Gasteiger partial charge in [0.2, 0.25) is 0 Å². The average molecular weight is 276 g/mol. The fourth-order valence-corrected chi connectivity index (χ4v) is 2.36. The minimum absolute atomic E-state index is 0.0911. The molecule has 1 saturated heterocycles. The summed E-state index contributed by atoms with van der Waals surface area (Å²) in [4.78, 5) is 16.2. The lowest BCUT2D eigenvalue weighted by molar-refractivity contribution is -0.145. The highest BCUT2D eigenvalue weighted by molar-refractivity contribution is 5.71. The zero-order valence-corrected chi connectivity index (χ0v) is 12.3. The van der Waals surface area contributed by atoms with Gasteiger partial charge in [-0.2, -0.15) is 0 Å². The SMILES string of the molecule is CCCCOC(=O)CN1CCN(c2ccccc2)CC1. The first-order valence-corrected chi connectivity index (χ1v) is 7.47. The van der Waals surface area contributed by atoms with E-state index in [4.69, 9.17) is 4.74 Å². The number of carbonyl (C=O) groups excluding carboxylic acids is 1. The highest BCUT2D eigenvalue weighted by atomic mass is 16.5. The maximum Gasteiger partial charge on any atom is 0.320 e. The van der Waals surface area contributed by atoms with E-state index >= 15 is 0 Å². The largest absolute Gasteiger partial charge is 0.465 e. The third kappa shape index (κ3) is 4.53. The molecule has 0 unspecified atom stereocenters. The van der Waals surface area contributed by atoms with Crippen molar-refractivity contribution >= 4 is 11.7 Å². The molecule has 1 heterocycles. The van der Waals surface area contributed by atoms with Crippen LogP contribution in [0.4, 0.5) is 5.69 Å². The van der Waals surface area contributed by atoms with Crippen LogP contribution in [0.5, 0.6) is 0 Å². The summed E-state index contributed by atoms with van der Waals surface area (Å²) in [6.07, 6.45) is 2.01. The van der Waals surface area contributed by atoms with Gasteiger partial charge in [0.1, 0.15) is 0 Å². The van der Waals surface area contributed by atoms with Gasteiger partial charge in [-0.05, 0) is 18.6 Å². The quantitative estimate of drug-likeness (QED) is 0.589. The molecule has 1 aliphatic rings. The minimum atomic E-state index is -0.0911. The number of para-hydroxylation sites is 1. The molecule has 1 fully saturated rings. The molecule has 4 nitrogen and oxygen atoms in total. The second kappa shape index (κ2) is 7.90. The number of esters is 1. The zero-order valence-electron chi connectivity index (χ0n) is 12.3. The summed E-state index contributed by atoms with van der Waals surface area (Å²) < 4.78 is 5.20. The minimum Gasteiger partial charge on any atom is -0.465 e. The van der Waals surface area contributed by atoms with Gasteiger partial charge in [0.05, 0.1) is 13.2 Å². The lowest BCUT2D eigenvalue weighted by Gasteiger charge is -2.35. The topological polar surface area (TPSA) is 32.8 Å². The van der Waals surface area contributed by atoms with Crippen molar-refractivity contribution in [3.05, 3.63) is 30.3 Å². The summed E-state index contributed by atoms with van der Waals surface area (Å²) in [6, 6.07) is 10.4. The highest BCUT2D eigenvalue weighted by Crippen LogP contribution is 2.15. The fraction of sp³-hybridized carbons (Fsp3) is 0.562. The molecule has 0 bridgehead atoms. The molecule has 0 aromatic heterocycles. The number of ether oxygens (including phenoxy) is 1. The Morgan fingerprint density at radius 1 is 1.15 bits per heavy atom. The van der Waals surface area contributed by atoms with E-state index in [-0.39, 0.29) is 5.97 Å². The summed E-state index contributed by atoms with van der Waals surface area (Å²) >= 11 is 0. The first-order chi connectivity index (χ1) is 9.79. The number of piperazine rings is 1. The number of rotatable bonds is 6. The Balaban J connectivity index is 1.70. The van der Waals surface area contributed by atoms with Gasteiger partial charge in [-0.15, -0.1) is 0 Å². The van der Waals surface area contributed by atoms with Crippen LogP contribution >= 0.6 is 0 Å². The predicted octanol–water partition coefficient (Wildman–Crippen LogP) is 2.15. The molecule has 0 amide bonds. The molecule has 4 heteroatoms. The van der Waals surface area contributed by atoms with Crippen LogP contribution in [0, 0.1) is 0 Å². The number of unbranched alkanes of at least 4 members (excludes halogenated alkanes) is 1. The maximum atomic E-state index is 11.7. The molecule has 0 atom stereocenters. The van der Waals surface area contributed by atoms with Crippen LogP contribution < -0.4 is 4.90 Å². The van der Waals surface area contributed by atoms with Gasteiger partial charge in [-0.25, -0.2) is 0 Å². The first-order valence-electron chi connectivity index (χ1n) is 7.47. The van der Waals surface area contributed by atoms with Crippen molar-refractivity contribution < 1.29 is 9.53 Å². The molecule has 0 spiro atoms. The van der Waals surface area contributed by atoms with Gasteiger partial charge in [0, 0.05) is 31.9 Å². The van der Waals surface area contributed by atoms with Gasteiger partial charge in [0.25, 0.3) is 0 Å². The van der Waals surface area contributed by atoms with Crippen molar-refractivity contribution in [2.75, 3.05) is 44.2 Å². The van der Waals surface area contributed by atoms with E-state index in [1.54, 1.807) is 0 Å². The summed E-state index contributed by atoms with van der Waals surface area (Å²) in [6.45, 7) is 6.83. The third-order valence-electron chi connectivity index (χ3n) is 3.61. The van der Waals surface area contributed by atoms with Gasteiger partial charge in [-0.1, -0.05) is 31.5 Å².